The lowest BCUT2D eigenvalue weighted by atomic mass is 10.1. The van der Waals surface area contributed by atoms with Crippen molar-refractivity contribution in [1.82, 2.24) is 0 Å². The molecule has 0 atom stereocenters. The fourth-order valence-corrected chi connectivity index (χ4v) is 2.41. The van der Waals surface area contributed by atoms with E-state index < -0.39 is 11.9 Å². The maximum Gasteiger partial charge on any atom is 0.308 e. The highest BCUT2D eigenvalue weighted by Crippen LogP contribution is 2.46. The van der Waals surface area contributed by atoms with Crippen molar-refractivity contribution >= 4 is 28.5 Å². The van der Waals surface area contributed by atoms with Crippen molar-refractivity contribution < 1.29 is 23.8 Å². The Balaban J connectivity index is 2.13. The molecule has 0 fully saturated rings. The third-order valence-electron chi connectivity index (χ3n) is 3.39. The molecule has 0 saturated heterocycles. The summed E-state index contributed by atoms with van der Waals surface area (Å²) in [6, 6.07) is 13.2. The second-order valence-corrected chi connectivity index (χ2v) is 5.27. The molecule has 0 radical (unpaired) electrons. The van der Waals surface area contributed by atoms with Gasteiger partial charge in [-0.25, -0.2) is 0 Å². The highest BCUT2D eigenvalue weighted by Gasteiger charge is 2.25. The van der Waals surface area contributed by atoms with E-state index in [4.69, 9.17) is 9.15 Å². The molecule has 0 saturated carbocycles. The SMILES string of the molecule is CC(=O)Nc1oc(-c2ccc3ccccc3c2)c(O)c1OC(C)=O. The van der Waals surface area contributed by atoms with Crippen LogP contribution in [0.5, 0.6) is 11.5 Å². The highest BCUT2D eigenvalue weighted by molar-refractivity contribution is 5.93. The van der Waals surface area contributed by atoms with Gasteiger partial charge in [-0.2, -0.15) is 0 Å². The molecular formula is C18H15NO5. The molecule has 0 aliphatic carbocycles. The smallest absolute Gasteiger partial charge is 0.308 e. The minimum absolute atomic E-state index is 0.112. The number of fused-ring (bicyclic) bond motifs is 1. The summed E-state index contributed by atoms with van der Waals surface area (Å²) in [5.41, 5.74) is 0.594. The molecule has 6 nitrogen and oxygen atoms in total. The normalized spacial score (nSPS) is 10.6. The number of ether oxygens (including phenoxy) is 1. The largest absolute Gasteiger partial charge is 0.502 e. The van der Waals surface area contributed by atoms with E-state index in [0.717, 1.165) is 10.8 Å². The lowest BCUT2D eigenvalue weighted by Gasteiger charge is -2.02. The van der Waals surface area contributed by atoms with Crippen LogP contribution in [0.3, 0.4) is 0 Å². The zero-order valence-electron chi connectivity index (χ0n) is 13.1. The van der Waals surface area contributed by atoms with E-state index in [1.165, 1.54) is 13.8 Å². The number of esters is 1. The molecule has 2 N–H and O–H groups in total. The van der Waals surface area contributed by atoms with E-state index in [-0.39, 0.29) is 23.1 Å². The average molecular weight is 325 g/mol. The number of hydrogen-bond acceptors (Lipinski definition) is 5. The van der Waals surface area contributed by atoms with Crippen molar-refractivity contribution in [2.24, 2.45) is 0 Å². The summed E-state index contributed by atoms with van der Waals surface area (Å²) < 4.78 is 10.5. The first-order chi connectivity index (χ1) is 11.5. The first-order valence-corrected chi connectivity index (χ1v) is 7.26. The number of carbonyl (C=O) groups excluding carboxylic acids is 2. The molecule has 122 valence electrons. The average Bonchev–Trinajstić information content (AvgIpc) is 2.82. The van der Waals surface area contributed by atoms with Crippen LogP contribution in [0, 0.1) is 0 Å². The number of furan rings is 1. The van der Waals surface area contributed by atoms with E-state index in [2.05, 4.69) is 5.32 Å². The molecule has 6 heteroatoms. The van der Waals surface area contributed by atoms with Gasteiger partial charge in [0, 0.05) is 19.4 Å². The predicted octanol–water partition coefficient (Wildman–Crippen LogP) is 3.69. The van der Waals surface area contributed by atoms with Crippen molar-refractivity contribution in [3.05, 3.63) is 42.5 Å². The van der Waals surface area contributed by atoms with Crippen molar-refractivity contribution in [3.8, 4) is 22.8 Å². The van der Waals surface area contributed by atoms with Gasteiger partial charge in [0.2, 0.25) is 23.3 Å². The second-order valence-electron chi connectivity index (χ2n) is 5.27. The number of anilines is 1. The Bertz CT molecular complexity index is 942. The van der Waals surface area contributed by atoms with Gasteiger partial charge in [0.1, 0.15) is 0 Å². The first-order valence-electron chi connectivity index (χ1n) is 7.26. The number of benzene rings is 2. The standard InChI is InChI=1S/C18H15NO5/c1-10(20)19-18-17(23-11(2)21)15(22)16(24-18)14-8-7-12-5-3-4-6-13(12)9-14/h3-9,22H,1-2H3,(H,19,20). The number of hydrogen-bond donors (Lipinski definition) is 2. The monoisotopic (exact) mass is 325 g/mol. The third kappa shape index (κ3) is 2.94. The molecule has 2 aromatic carbocycles. The summed E-state index contributed by atoms with van der Waals surface area (Å²) in [5, 5.41) is 14.8. The minimum Gasteiger partial charge on any atom is -0.502 e. The zero-order chi connectivity index (χ0) is 17.3. The zero-order valence-corrected chi connectivity index (χ0v) is 13.1. The Morgan fingerprint density at radius 3 is 2.46 bits per heavy atom. The van der Waals surface area contributed by atoms with E-state index >= 15 is 0 Å². The fraction of sp³-hybridized carbons (Fsp3) is 0.111. The van der Waals surface area contributed by atoms with Crippen LogP contribution in [0.2, 0.25) is 0 Å². The van der Waals surface area contributed by atoms with Gasteiger partial charge in [-0.1, -0.05) is 36.4 Å². The van der Waals surface area contributed by atoms with Crippen molar-refractivity contribution in [1.29, 1.82) is 0 Å². The molecule has 0 aliphatic rings. The molecule has 1 heterocycles. The van der Waals surface area contributed by atoms with E-state index in [9.17, 15) is 14.7 Å². The Morgan fingerprint density at radius 2 is 1.79 bits per heavy atom. The number of rotatable bonds is 3. The van der Waals surface area contributed by atoms with Gasteiger partial charge < -0.3 is 14.3 Å². The quantitative estimate of drug-likeness (QED) is 0.717. The topological polar surface area (TPSA) is 88.8 Å². The Kier molecular flexibility index (Phi) is 3.95. The molecule has 0 unspecified atom stereocenters. The van der Waals surface area contributed by atoms with Gasteiger partial charge in [0.15, 0.2) is 5.76 Å². The molecule has 3 aromatic rings. The van der Waals surface area contributed by atoms with Crippen LogP contribution in [0.4, 0.5) is 5.88 Å². The van der Waals surface area contributed by atoms with Crippen LogP contribution in [-0.2, 0) is 9.59 Å². The summed E-state index contributed by atoms with van der Waals surface area (Å²) in [5.74, 6) is -1.60. The van der Waals surface area contributed by atoms with Gasteiger partial charge in [-0.3, -0.25) is 14.9 Å². The fourth-order valence-electron chi connectivity index (χ4n) is 2.41. The van der Waals surface area contributed by atoms with Gasteiger partial charge in [0.25, 0.3) is 0 Å². The van der Waals surface area contributed by atoms with Gasteiger partial charge in [-0.05, 0) is 16.8 Å². The molecule has 0 aliphatic heterocycles. The Hall–Kier alpha value is -3.28. The maximum absolute atomic E-state index is 11.3. The third-order valence-corrected chi connectivity index (χ3v) is 3.39. The molecule has 24 heavy (non-hydrogen) atoms. The Labute approximate surface area is 137 Å². The number of carbonyl (C=O) groups is 2. The number of aromatic hydroxyl groups is 1. The summed E-state index contributed by atoms with van der Waals surface area (Å²) >= 11 is 0. The summed E-state index contributed by atoms with van der Waals surface area (Å²) in [7, 11) is 0. The van der Waals surface area contributed by atoms with Crippen molar-refractivity contribution in [2.45, 2.75) is 13.8 Å². The molecule has 1 amide bonds. The van der Waals surface area contributed by atoms with Crippen LogP contribution in [-0.4, -0.2) is 17.0 Å². The number of amides is 1. The molecule has 3 rings (SSSR count). The lowest BCUT2D eigenvalue weighted by molar-refractivity contribution is -0.132. The lowest BCUT2D eigenvalue weighted by Crippen LogP contribution is -2.08. The van der Waals surface area contributed by atoms with Crippen molar-refractivity contribution in [3.63, 3.8) is 0 Å². The van der Waals surface area contributed by atoms with Crippen LogP contribution in [0.25, 0.3) is 22.1 Å². The molecule has 0 spiro atoms. The van der Waals surface area contributed by atoms with E-state index in [1.807, 2.05) is 36.4 Å². The van der Waals surface area contributed by atoms with Crippen molar-refractivity contribution in [2.75, 3.05) is 5.32 Å². The Morgan fingerprint density at radius 1 is 1.08 bits per heavy atom. The first kappa shape index (κ1) is 15.6. The minimum atomic E-state index is -0.636. The highest BCUT2D eigenvalue weighted by atomic mass is 16.6. The van der Waals surface area contributed by atoms with Gasteiger partial charge in [0.05, 0.1) is 0 Å². The van der Waals surface area contributed by atoms with E-state index in [1.54, 1.807) is 6.07 Å². The van der Waals surface area contributed by atoms with Gasteiger partial charge in [-0.15, -0.1) is 0 Å². The van der Waals surface area contributed by atoms with Crippen LogP contribution in [0.1, 0.15) is 13.8 Å². The van der Waals surface area contributed by atoms with Crippen LogP contribution < -0.4 is 10.1 Å². The second kappa shape index (κ2) is 6.08. The molecule has 1 aromatic heterocycles. The maximum atomic E-state index is 11.3. The summed E-state index contributed by atoms with van der Waals surface area (Å²) in [6.45, 7) is 2.48. The molecular weight excluding hydrogens is 310 g/mol. The van der Waals surface area contributed by atoms with Gasteiger partial charge >= 0.3 is 5.97 Å². The predicted molar refractivity (Wildman–Crippen MR) is 88.9 cm³/mol. The summed E-state index contributed by atoms with van der Waals surface area (Å²) in [6.07, 6.45) is 0. The number of nitrogens with one attached hydrogen (secondary N) is 1. The van der Waals surface area contributed by atoms with Crippen LogP contribution >= 0.6 is 0 Å². The van der Waals surface area contributed by atoms with E-state index in [0.29, 0.717) is 5.56 Å². The van der Waals surface area contributed by atoms with Crippen LogP contribution in [0.15, 0.2) is 46.9 Å². The molecule has 0 bridgehead atoms. The summed E-state index contributed by atoms with van der Waals surface area (Å²) in [4.78, 5) is 22.5.